The molecule has 1 heteroatoms. The number of fused-ring (bicyclic) bond motifs is 4. The van der Waals surface area contributed by atoms with E-state index in [4.69, 9.17) is 4.42 Å². The van der Waals surface area contributed by atoms with Crippen molar-refractivity contribution in [3.63, 3.8) is 0 Å². The molecule has 1 heterocycles. The van der Waals surface area contributed by atoms with Gasteiger partial charge in [0.25, 0.3) is 0 Å². The molecule has 0 aliphatic carbocycles. The lowest BCUT2D eigenvalue weighted by molar-refractivity contribution is 0.668. The Morgan fingerprint density at radius 1 is 0.654 bits per heavy atom. The molecule has 4 aromatic carbocycles. The zero-order chi connectivity index (χ0) is 17.7. The van der Waals surface area contributed by atoms with Gasteiger partial charge in [-0.05, 0) is 57.6 Å². The fourth-order valence-corrected chi connectivity index (χ4v) is 3.80. The molecule has 0 aliphatic heterocycles. The molecule has 5 aromatic rings. The summed E-state index contributed by atoms with van der Waals surface area (Å²) in [5.41, 5.74) is 5.74. The van der Waals surface area contributed by atoms with Crippen LogP contribution in [0.4, 0.5) is 0 Å². The van der Waals surface area contributed by atoms with Crippen molar-refractivity contribution in [1.29, 1.82) is 0 Å². The zero-order valence-electron chi connectivity index (χ0n) is 15.0. The van der Waals surface area contributed by atoms with Crippen LogP contribution in [0, 0.1) is 0 Å². The molecule has 0 spiro atoms. The molecule has 0 saturated carbocycles. The van der Waals surface area contributed by atoms with Crippen molar-refractivity contribution in [2.45, 2.75) is 19.8 Å². The van der Waals surface area contributed by atoms with Crippen LogP contribution in [0.1, 0.15) is 25.3 Å². The Morgan fingerprint density at radius 3 is 2.23 bits per heavy atom. The highest BCUT2D eigenvalue weighted by atomic mass is 16.3. The smallest absolute Gasteiger partial charge is 0.135 e. The summed E-state index contributed by atoms with van der Waals surface area (Å²) in [4.78, 5) is 0. The van der Waals surface area contributed by atoms with Gasteiger partial charge in [-0.2, -0.15) is 0 Å². The van der Waals surface area contributed by atoms with Crippen LogP contribution in [0.3, 0.4) is 0 Å². The molecule has 0 N–H and O–H groups in total. The largest absolute Gasteiger partial charge is 0.456 e. The van der Waals surface area contributed by atoms with Gasteiger partial charge in [-0.1, -0.05) is 68.4 Å². The molecule has 0 bridgehead atoms. The average Bonchev–Trinajstić information content (AvgIpc) is 3.04. The molecule has 1 nitrogen and oxygen atoms in total. The second kappa shape index (κ2) is 5.74. The molecule has 0 fully saturated rings. The topological polar surface area (TPSA) is 13.1 Å². The lowest BCUT2D eigenvalue weighted by Crippen LogP contribution is -1.85. The van der Waals surface area contributed by atoms with Crippen LogP contribution in [0.25, 0.3) is 43.8 Å². The van der Waals surface area contributed by atoms with Gasteiger partial charge in [0.05, 0.1) is 0 Å². The Kier molecular flexibility index (Phi) is 3.36. The van der Waals surface area contributed by atoms with Crippen molar-refractivity contribution in [1.82, 2.24) is 0 Å². The number of benzene rings is 4. The van der Waals surface area contributed by atoms with Crippen LogP contribution >= 0.6 is 0 Å². The second-order valence-electron chi connectivity index (χ2n) is 7.25. The van der Waals surface area contributed by atoms with Crippen molar-refractivity contribution in [3.8, 4) is 11.1 Å². The van der Waals surface area contributed by atoms with Gasteiger partial charge < -0.3 is 4.42 Å². The summed E-state index contributed by atoms with van der Waals surface area (Å²) in [6.45, 7) is 4.45. The lowest BCUT2D eigenvalue weighted by Gasteiger charge is -2.07. The minimum absolute atomic E-state index is 0.505. The zero-order valence-corrected chi connectivity index (χ0v) is 15.0. The highest BCUT2D eigenvalue weighted by Crippen LogP contribution is 2.36. The van der Waals surface area contributed by atoms with E-state index in [1.54, 1.807) is 0 Å². The van der Waals surface area contributed by atoms with Crippen molar-refractivity contribution < 1.29 is 4.42 Å². The molecule has 0 atom stereocenters. The van der Waals surface area contributed by atoms with E-state index in [0.29, 0.717) is 5.92 Å². The minimum atomic E-state index is 0.505. The summed E-state index contributed by atoms with van der Waals surface area (Å²) in [7, 11) is 0. The first-order valence-corrected chi connectivity index (χ1v) is 9.15. The molecular formula is C25H20O. The van der Waals surface area contributed by atoms with Gasteiger partial charge in [0.1, 0.15) is 11.2 Å². The third kappa shape index (κ3) is 2.32. The molecule has 126 valence electrons. The van der Waals surface area contributed by atoms with Crippen LogP contribution in [0.5, 0.6) is 0 Å². The van der Waals surface area contributed by atoms with Gasteiger partial charge in [-0.25, -0.2) is 0 Å². The molecular weight excluding hydrogens is 316 g/mol. The van der Waals surface area contributed by atoms with Crippen LogP contribution in [0.2, 0.25) is 0 Å². The first-order valence-electron chi connectivity index (χ1n) is 9.15. The maximum Gasteiger partial charge on any atom is 0.135 e. The predicted molar refractivity (Wildman–Crippen MR) is 111 cm³/mol. The van der Waals surface area contributed by atoms with Crippen LogP contribution < -0.4 is 0 Å². The molecule has 0 amide bonds. The third-order valence-corrected chi connectivity index (χ3v) is 5.26. The number of rotatable bonds is 2. The normalized spacial score (nSPS) is 11.8. The fraction of sp³-hybridized carbons (Fsp3) is 0.120. The summed E-state index contributed by atoms with van der Waals surface area (Å²) >= 11 is 0. The summed E-state index contributed by atoms with van der Waals surface area (Å²) in [5, 5.41) is 4.94. The Hall–Kier alpha value is -3.06. The summed E-state index contributed by atoms with van der Waals surface area (Å²) < 4.78 is 6.07. The highest BCUT2D eigenvalue weighted by molar-refractivity contribution is 6.08. The van der Waals surface area contributed by atoms with Crippen LogP contribution in [-0.2, 0) is 0 Å². The molecule has 0 unspecified atom stereocenters. The monoisotopic (exact) mass is 336 g/mol. The Bertz CT molecular complexity index is 1250. The first kappa shape index (κ1) is 15.2. The van der Waals surface area contributed by atoms with E-state index < -0.39 is 0 Å². The van der Waals surface area contributed by atoms with Crippen molar-refractivity contribution in [2.24, 2.45) is 0 Å². The summed E-state index contributed by atoms with van der Waals surface area (Å²) in [5.74, 6) is 0.505. The fourth-order valence-electron chi connectivity index (χ4n) is 3.80. The lowest BCUT2D eigenvalue weighted by atomic mass is 9.96. The maximum absolute atomic E-state index is 6.07. The highest BCUT2D eigenvalue weighted by Gasteiger charge is 2.11. The van der Waals surface area contributed by atoms with Gasteiger partial charge in [-0.3, -0.25) is 0 Å². The van der Waals surface area contributed by atoms with E-state index in [2.05, 4.69) is 92.7 Å². The van der Waals surface area contributed by atoms with E-state index in [-0.39, 0.29) is 0 Å². The van der Waals surface area contributed by atoms with E-state index in [1.165, 1.54) is 38.2 Å². The molecule has 0 aliphatic rings. The van der Waals surface area contributed by atoms with E-state index in [1.807, 2.05) is 0 Å². The van der Waals surface area contributed by atoms with Crippen molar-refractivity contribution in [3.05, 3.63) is 84.4 Å². The number of hydrogen-bond acceptors (Lipinski definition) is 1. The maximum atomic E-state index is 6.07. The Labute approximate surface area is 152 Å². The van der Waals surface area contributed by atoms with E-state index >= 15 is 0 Å². The standard InChI is InChI=1S/C25H20O/c1-16(2)18-10-12-24-22(14-18)23-15-19(11-13-25(23)26-24)21-9-5-7-17-6-3-4-8-20(17)21/h3-16H,1-2H3. The van der Waals surface area contributed by atoms with Gasteiger partial charge in [0.15, 0.2) is 0 Å². The van der Waals surface area contributed by atoms with Gasteiger partial charge in [-0.15, -0.1) is 0 Å². The number of furan rings is 1. The van der Waals surface area contributed by atoms with Crippen molar-refractivity contribution in [2.75, 3.05) is 0 Å². The van der Waals surface area contributed by atoms with Crippen LogP contribution in [0.15, 0.2) is 83.3 Å². The molecule has 0 saturated heterocycles. The second-order valence-corrected chi connectivity index (χ2v) is 7.25. The molecule has 0 radical (unpaired) electrons. The molecule has 5 rings (SSSR count). The first-order chi connectivity index (χ1) is 12.7. The van der Waals surface area contributed by atoms with E-state index in [9.17, 15) is 0 Å². The Balaban J connectivity index is 1.79. The van der Waals surface area contributed by atoms with E-state index in [0.717, 1.165) is 11.2 Å². The predicted octanol–water partition coefficient (Wildman–Crippen LogP) is 7.53. The molecule has 26 heavy (non-hydrogen) atoms. The van der Waals surface area contributed by atoms with Gasteiger partial charge in [0, 0.05) is 10.8 Å². The average molecular weight is 336 g/mol. The SMILES string of the molecule is CC(C)c1ccc2oc3ccc(-c4cccc5ccccc45)cc3c2c1. The minimum Gasteiger partial charge on any atom is -0.456 e. The third-order valence-electron chi connectivity index (χ3n) is 5.26. The van der Waals surface area contributed by atoms with Crippen LogP contribution in [-0.4, -0.2) is 0 Å². The van der Waals surface area contributed by atoms with Gasteiger partial charge >= 0.3 is 0 Å². The van der Waals surface area contributed by atoms with Crippen molar-refractivity contribution >= 4 is 32.7 Å². The Morgan fingerprint density at radius 2 is 1.38 bits per heavy atom. The summed E-state index contributed by atoms with van der Waals surface area (Å²) in [6, 6.07) is 28.1. The number of hydrogen-bond donors (Lipinski definition) is 0. The molecule has 1 aromatic heterocycles. The quantitative estimate of drug-likeness (QED) is 0.325. The van der Waals surface area contributed by atoms with Gasteiger partial charge in [0.2, 0.25) is 0 Å². The summed E-state index contributed by atoms with van der Waals surface area (Å²) in [6.07, 6.45) is 0.